The highest BCUT2D eigenvalue weighted by Gasteiger charge is 2.41. The van der Waals surface area contributed by atoms with E-state index in [1.165, 1.54) is 24.3 Å². The smallest absolute Gasteiger partial charge is 0.340 e. The molecule has 162 valence electrons. The molecule has 0 spiro atoms. The fourth-order valence-electron chi connectivity index (χ4n) is 3.88. The molecule has 8 heteroatoms. The van der Waals surface area contributed by atoms with E-state index in [1.54, 1.807) is 26.0 Å². The van der Waals surface area contributed by atoms with Crippen LogP contribution >= 0.6 is 0 Å². The first-order valence-electron chi connectivity index (χ1n) is 9.93. The minimum Gasteiger partial charge on any atom is -0.418 e. The van der Waals surface area contributed by atoms with Gasteiger partial charge in [-0.05, 0) is 31.1 Å². The Morgan fingerprint density at radius 1 is 0.938 bits per heavy atom. The lowest BCUT2D eigenvalue weighted by Crippen LogP contribution is -2.38. The molecule has 2 aromatic carbocycles. The molecule has 2 aliphatic heterocycles. The number of allylic oxidation sites excluding steroid dienone is 2. The zero-order valence-electron chi connectivity index (χ0n) is 17.4. The standard InChI is InChI=1S/C24H20N2O6/c1-14-20-22(17-9-6-10-18(13-17)26(29)30)21(15(2)25-14)24(28)32-19(31-23(20)27)12-11-16-7-4-3-5-8-16/h3-13,19,22,25H,1-2H3/b12-11+. The van der Waals surface area contributed by atoms with Crippen molar-refractivity contribution < 1.29 is 24.0 Å². The Labute approximate surface area is 184 Å². The van der Waals surface area contributed by atoms with Crippen LogP contribution in [0, 0.1) is 10.1 Å². The zero-order chi connectivity index (χ0) is 22.8. The largest absolute Gasteiger partial charge is 0.418 e. The van der Waals surface area contributed by atoms with Gasteiger partial charge in [-0.3, -0.25) is 10.1 Å². The maximum absolute atomic E-state index is 13.1. The maximum Gasteiger partial charge on any atom is 0.340 e. The molecule has 1 saturated heterocycles. The summed E-state index contributed by atoms with van der Waals surface area (Å²) in [6.45, 7) is 3.39. The van der Waals surface area contributed by atoms with Crippen LogP contribution in [0.15, 0.2) is 83.2 Å². The van der Waals surface area contributed by atoms with Crippen molar-refractivity contribution in [3.05, 3.63) is 104 Å². The number of nitro groups is 1. The molecule has 2 heterocycles. The number of rotatable bonds is 4. The van der Waals surface area contributed by atoms with E-state index in [1.807, 2.05) is 30.3 Å². The van der Waals surface area contributed by atoms with Gasteiger partial charge >= 0.3 is 11.9 Å². The second-order valence-corrected chi connectivity index (χ2v) is 7.44. The number of benzene rings is 2. The topological polar surface area (TPSA) is 108 Å². The Morgan fingerprint density at radius 3 is 2.16 bits per heavy atom. The molecule has 0 aromatic heterocycles. The van der Waals surface area contributed by atoms with Crippen molar-refractivity contribution in [2.75, 3.05) is 0 Å². The van der Waals surface area contributed by atoms with Gasteiger partial charge in [0.2, 0.25) is 0 Å². The van der Waals surface area contributed by atoms with Crippen LogP contribution in [0.3, 0.4) is 0 Å². The third-order valence-corrected chi connectivity index (χ3v) is 5.31. The molecule has 8 nitrogen and oxygen atoms in total. The van der Waals surface area contributed by atoms with Crippen LogP contribution in [0.25, 0.3) is 6.08 Å². The lowest BCUT2D eigenvalue weighted by Gasteiger charge is -2.33. The van der Waals surface area contributed by atoms with Crippen LogP contribution in [0.4, 0.5) is 5.69 Å². The van der Waals surface area contributed by atoms with Gasteiger partial charge in [0.25, 0.3) is 12.0 Å². The van der Waals surface area contributed by atoms with Gasteiger partial charge < -0.3 is 14.8 Å². The third kappa shape index (κ3) is 4.02. The number of dihydropyridines is 1. The van der Waals surface area contributed by atoms with Gasteiger partial charge in [0.05, 0.1) is 22.0 Å². The van der Waals surface area contributed by atoms with Crippen molar-refractivity contribution in [3.8, 4) is 0 Å². The van der Waals surface area contributed by atoms with E-state index < -0.39 is 29.1 Å². The molecule has 2 aromatic rings. The van der Waals surface area contributed by atoms with E-state index in [-0.39, 0.29) is 16.8 Å². The molecule has 0 aliphatic carbocycles. The number of nitro benzene ring substituents is 1. The van der Waals surface area contributed by atoms with Crippen LogP contribution in [-0.4, -0.2) is 23.2 Å². The second kappa shape index (κ2) is 8.50. The SMILES string of the molecule is CC1=C2C(=O)OC(/C=C/c3ccccc3)OC(=O)C(=C(C)N1)C2c1cccc([N+](=O)[O-])c1. The number of hydrogen-bond donors (Lipinski definition) is 1. The molecule has 1 fully saturated rings. The summed E-state index contributed by atoms with van der Waals surface area (Å²) in [4.78, 5) is 37.0. The fourth-order valence-corrected chi connectivity index (χ4v) is 3.88. The maximum atomic E-state index is 13.1. The van der Waals surface area contributed by atoms with E-state index in [0.717, 1.165) is 5.56 Å². The molecule has 2 aliphatic rings. The molecular formula is C24H20N2O6. The first-order valence-corrected chi connectivity index (χ1v) is 9.93. The quantitative estimate of drug-likeness (QED) is 0.442. The second-order valence-electron chi connectivity index (χ2n) is 7.44. The van der Waals surface area contributed by atoms with Crippen LogP contribution in [-0.2, 0) is 19.1 Å². The van der Waals surface area contributed by atoms with Crippen molar-refractivity contribution in [1.29, 1.82) is 0 Å². The molecular weight excluding hydrogens is 412 g/mol. The molecule has 0 radical (unpaired) electrons. The van der Waals surface area contributed by atoms with Gasteiger partial charge in [-0.2, -0.15) is 0 Å². The Kier molecular flexibility index (Phi) is 5.59. The van der Waals surface area contributed by atoms with Gasteiger partial charge in [-0.15, -0.1) is 0 Å². The predicted molar refractivity (Wildman–Crippen MR) is 116 cm³/mol. The zero-order valence-corrected chi connectivity index (χ0v) is 17.4. The van der Waals surface area contributed by atoms with Crippen molar-refractivity contribution in [3.63, 3.8) is 0 Å². The van der Waals surface area contributed by atoms with Crippen LogP contribution in [0.1, 0.15) is 30.9 Å². The number of carbonyl (C=O) groups is 2. The average Bonchev–Trinajstić information content (AvgIpc) is 2.76. The van der Waals surface area contributed by atoms with Gasteiger partial charge in [-0.1, -0.05) is 48.5 Å². The number of nitrogens with one attached hydrogen (secondary N) is 1. The van der Waals surface area contributed by atoms with Gasteiger partial charge in [0.1, 0.15) is 0 Å². The summed E-state index contributed by atoms with van der Waals surface area (Å²) in [6, 6.07) is 15.2. The number of ether oxygens (including phenoxy) is 2. The summed E-state index contributed by atoms with van der Waals surface area (Å²) < 4.78 is 11.0. The minimum absolute atomic E-state index is 0.141. The summed E-state index contributed by atoms with van der Waals surface area (Å²) in [6.07, 6.45) is 1.97. The number of hydrogen-bond acceptors (Lipinski definition) is 7. The van der Waals surface area contributed by atoms with Crippen LogP contribution in [0.5, 0.6) is 0 Å². The van der Waals surface area contributed by atoms with Gasteiger partial charge in [0, 0.05) is 23.5 Å². The summed E-state index contributed by atoms with van der Waals surface area (Å²) in [5.41, 5.74) is 2.57. The Morgan fingerprint density at radius 2 is 1.56 bits per heavy atom. The highest BCUT2D eigenvalue weighted by molar-refractivity contribution is 6.01. The van der Waals surface area contributed by atoms with Crippen LogP contribution in [0.2, 0.25) is 0 Å². The fraction of sp³-hybridized carbons (Fsp3) is 0.167. The van der Waals surface area contributed by atoms with Crippen LogP contribution < -0.4 is 5.32 Å². The predicted octanol–water partition coefficient (Wildman–Crippen LogP) is 3.97. The van der Waals surface area contributed by atoms with E-state index in [2.05, 4.69) is 5.32 Å². The summed E-state index contributed by atoms with van der Waals surface area (Å²) in [5.74, 6) is -2.20. The molecule has 0 amide bonds. The monoisotopic (exact) mass is 432 g/mol. The molecule has 0 atom stereocenters. The summed E-state index contributed by atoms with van der Waals surface area (Å²) >= 11 is 0. The highest BCUT2D eigenvalue weighted by Crippen LogP contribution is 2.41. The lowest BCUT2D eigenvalue weighted by molar-refractivity contribution is -0.384. The van der Waals surface area contributed by atoms with Gasteiger partial charge in [-0.25, -0.2) is 9.59 Å². The molecule has 32 heavy (non-hydrogen) atoms. The first-order chi connectivity index (χ1) is 15.3. The van der Waals surface area contributed by atoms with E-state index >= 15 is 0 Å². The van der Waals surface area contributed by atoms with Gasteiger partial charge in [0.15, 0.2) is 0 Å². The van der Waals surface area contributed by atoms with Crippen molar-refractivity contribution >= 4 is 23.7 Å². The van der Waals surface area contributed by atoms with Crippen molar-refractivity contribution in [2.24, 2.45) is 0 Å². The van der Waals surface area contributed by atoms with E-state index in [4.69, 9.17) is 9.47 Å². The number of fused-ring (bicyclic) bond motifs is 2. The lowest BCUT2D eigenvalue weighted by atomic mass is 9.80. The van der Waals surface area contributed by atoms with Crippen molar-refractivity contribution in [2.45, 2.75) is 26.1 Å². The van der Waals surface area contributed by atoms with E-state index in [9.17, 15) is 19.7 Å². The molecule has 1 N–H and O–H groups in total. The number of carbonyl (C=O) groups excluding carboxylic acids is 2. The molecule has 4 rings (SSSR count). The number of nitrogens with zero attached hydrogens (tertiary/aromatic N) is 1. The molecule has 0 unspecified atom stereocenters. The molecule has 0 saturated carbocycles. The summed E-state index contributed by atoms with van der Waals surface area (Å²) in [5, 5.41) is 14.3. The Balaban J connectivity index is 1.75. The Bertz CT molecular complexity index is 1160. The van der Waals surface area contributed by atoms with Crippen molar-refractivity contribution in [1.82, 2.24) is 5.32 Å². The number of non-ortho nitro benzene ring substituents is 1. The summed E-state index contributed by atoms with van der Waals surface area (Å²) in [7, 11) is 0. The third-order valence-electron chi connectivity index (χ3n) is 5.31. The minimum atomic E-state index is -1.22. The normalized spacial score (nSPS) is 20.9. The van der Waals surface area contributed by atoms with E-state index in [0.29, 0.717) is 17.0 Å². The highest BCUT2D eigenvalue weighted by atomic mass is 16.7. The molecule has 2 bridgehead atoms. The number of cyclic esters (lactones) is 2. The number of esters is 2. The average molecular weight is 432 g/mol. The Hall–Kier alpha value is -4.20. The first kappa shape index (κ1) is 21.0.